The fourth-order valence-electron chi connectivity index (χ4n) is 2.68. The van der Waals surface area contributed by atoms with Gasteiger partial charge in [-0.15, -0.1) is 0 Å². The van der Waals surface area contributed by atoms with Gasteiger partial charge < -0.3 is 10.6 Å². The molecule has 1 heterocycles. The molecule has 0 radical (unpaired) electrons. The Morgan fingerprint density at radius 1 is 0.808 bits per heavy atom. The second kappa shape index (κ2) is 7.40. The molecule has 1 amide bonds. The van der Waals surface area contributed by atoms with Crippen molar-refractivity contribution in [3.05, 3.63) is 82.7 Å². The van der Waals surface area contributed by atoms with Gasteiger partial charge in [-0.05, 0) is 74.2 Å². The first-order chi connectivity index (χ1) is 12.4. The van der Waals surface area contributed by atoms with Crippen LogP contribution in [-0.2, 0) is 0 Å². The summed E-state index contributed by atoms with van der Waals surface area (Å²) in [5, 5.41) is 6.28. The molecule has 4 nitrogen and oxygen atoms in total. The fraction of sp³-hybridized carbons (Fsp3) is 0.182. The van der Waals surface area contributed by atoms with Crippen molar-refractivity contribution in [1.29, 1.82) is 0 Å². The van der Waals surface area contributed by atoms with Crippen LogP contribution in [0.2, 0.25) is 0 Å². The summed E-state index contributed by atoms with van der Waals surface area (Å²) in [5.41, 5.74) is 7.68. The summed E-state index contributed by atoms with van der Waals surface area (Å²) in [7, 11) is 0. The second-order valence-electron chi connectivity index (χ2n) is 6.66. The van der Waals surface area contributed by atoms with E-state index in [0.717, 1.165) is 28.2 Å². The number of nitrogens with one attached hydrogen (secondary N) is 2. The van der Waals surface area contributed by atoms with Crippen molar-refractivity contribution in [3.8, 4) is 0 Å². The van der Waals surface area contributed by atoms with Crippen molar-refractivity contribution in [3.63, 3.8) is 0 Å². The number of nitrogens with zero attached hydrogens (tertiary/aromatic N) is 1. The number of hydrogen-bond acceptors (Lipinski definition) is 3. The van der Waals surface area contributed by atoms with Gasteiger partial charge in [-0.3, -0.25) is 9.78 Å². The predicted octanol–water partition coefficient (Wildman–Crippen LogP) is 5.31. The zero-order valence-corrected chi connectivity index (χ0v) is 15.6. The number of hydrogen-bond donors (Lipinski definition) is 2. The van der Waals surface area contributed by atoms with Gasteiger partial charge in [-0.1, -0.05) is 18.2 Å². The number of rotatable bonds is 4. The highest BCUT2D eigenvalue weighted by Crippen LogP contribution is 2.21. The van der Waals surface area contributed by atoms with Gasteiger partial charge in [0.1, 0.15) is 0 Å². The second-order valence-corrected chi connectivity index (χ2v) is 6.66. The van der Waals surface area contributed by atoms with Crippen LogP contribution in [0.5, 0.6) is 0 Å². The van der Waals surface area contributed by atoms with Crippen LogP contribution >= 0.6 is 0 Å². The Labute approximate surface area is 154 Å². The molecule has 0 atom stereocenters. The molecule has 1 aromatic heterocycles. The predicted molar refractivity (Wildman–Crippen MR) is 107 cm³/mol. The van der Waals surface area contributed by atoms with Gasteiger partial charge in [0, 0.05) is 17.6 Å². The Morgan fingerprint density at radius 3 is 2.35 bits per heavy atom. The van der Waals surface area contributed by atoms with Gasteiger partial charge in [0.15, 0.2) is 0 Å². The fourth-order valence-corrected chi connectivity index (χ4v) is 2.68. The Bertz CT molecular complexity index is 963. The largest absolute Gasteiger partial charge is 0.354 e. The van der Waals surface area contributed by atoms with Gasteiger partial charge in [0.05, 0.1) is 17.4 Å². The minimum Gasteiger partial charge on any atom is -0.354 e. The number of aryl methyl sites for hydroxylation is 4. The summed E-state index contributed by atoms with van der Waals surface area (Å²) < 4.78 is 0. The molecule has 3 aromatic rings. The Hall–Kier alpha value is -3.14. The summed E-state index contributed by atoms with van der Waals surface area (Å²) in [5.74, 6) is -0.171. The summed E-state index contributed by atoms with van der Waals surface area (Å²) in [4.78, 5) is 16.8. The Morgan fingerprint density at radius 2 is 1.58 bits per heavy atom. The topological polar surface area (TPSA) is 54.0 Å². The smallest absolute Gasteiger partial charge is 0.257 e. The van der Waals surface area contributed by atoms with Crippen molar-refractivity contribution in [2.75, 3.05) is 10.6 Å². The first kappa shape index (κ1) is 17.7. The number of aromatic nitrogens is 1. The molecule has 2 N–H and O–H groups in total. The zero-order chi connectivity index (χ0) is 18.7. The molecule has 0 spiro atoms. The molecule has 26 heavy (non-hydrogen) atoms. The highest BCUT2D eigenvalue weighted by atomic mass is 16.1. The number of carbonyl (C=O) groups excluding carboxylic acids is 1. The first-order valence-electron chi connectivity index (χ1n) is 8.60. The normalized spacial score (nSPS) is 10.5. The van der Waals surface area contributed by atoms with E-state index in [1.807, 2.05) is 44.2 Å². The molecule has 0 bridgehead atoms. The first-order valence-corrected chi connectivity index (χ1v) is 8.60. The Balaban J connectivity index is 1.78. The van der Waals surface area contributed by atoms with Crippen molar-refractivity contribution < 1.29 is 4.79 Å². The van der Waals surface area contributed by atoms with Crippen molar-refractivity contribution in [2.24, 2.45) is 0 Å². The van der Waals surface area contributed by atoms with E-state index in [0.29, 0.717) is 5.56 Å². The molecular weight excluding hydrogens is 322 g/mol. The Kier molecular flexibility index (Phi) is 5.03. The highest BCUT2D eigenvalue weighted by Gasteiger charge is 2.10. The van der Waals surface area contributed by atoms with Crippen molar-refractivity contribution in [1.82, 2.24) is 4.98 Å². The van der Waals surface area contributed by atoms with Crippen LogP contribution in [0.25, 0.3) is 0 Å². The van der Waals surface area contributed by atoms with Crippen molar-refractivity contribution in [2.45, 2.75) is 27.7 Å². The molecule has 0 saturated carbocycles. The number of benzene rings is 2. The summed E-state index contributed by atoms with van der Waals surface area (Å²) in [6.45, 7) is 8.14. The SMILES string of the molecule is Cc1ccc(C)c(NC(=O)c2cncc(Nc3ccc(C)c(C)c3)c2)c1. The third-order valence-electron chi connectivity index (χ3n) is 4.44. The summed E-state index contributed by atoms with van der Waals surface area (Å²) >= 11 is 0. The number of carbonyl (C=O) groups is 1. The molecule has 0 aliphatic heterocycles. The third-order valence-corrected chi connectivity index (χ3v) is 4.44. The molecular formula is C22H23N3O. The summed E-state index contributed by atoms with van der Waals surface area (Å²) in [6, 6.07) is 14.0. The number of amides is 1. The van der Waals surface area contributed by atoms with E-state index in [-0.39, 0.29) is 5.91 Å². The molecule has 0 fully saturated rings. The molecule has 3 rings (SSSR count). The average Bonchev–Trinajstić information content (AvgIpc) is 2.61. The van der Waals surface area contributed by atoms with E-state index >= 15 is 0 Å². The molecule has 0 unspecified atom stereocenters. The molecule has 132 valence electrons. The monoisotopic (exact) mass is 345 g/mol. The van der Waals surface area contributed by atoms with Crippen LogP contribution in [0.4, 0.5) is 17.1 Å². The van der Waals surface area contributed by atoms with Gasteiger partial charge in [0.2, 0.25) is 0 Å². The minimum absolute atomic E-state index is 0.171. The van der Waals surface area contributed by atoms with Crippen LogP contribution in [-0.4, -0.2) is 10.9 Å². The lowest BCUT2D eigenvalue weighted by Gasteiger charge is -2.11. The van der Waals surface area contributed by atoms with E-state index in [1.165, 1.54) is 11.1 Å². The standard InChI is InChI=1S/C22H23N3O/c1-14-5-6-16(3)21(9-14)25-22(26)18-11-20(13-23-12-18)24-19-8-7-15(2)17(4)10-19/h5-13,24H,1-4H3,(H,25,26). The maximum Gasteiger partial charge on any atom is 0.257 e. The molecule has 0 aliphatic carbocycles. The van der Waals surface area contributed by atoms with E-state index in [9.17, 15) is 4.79 Å². The third kappa shape index (κ3) is 4.09. The number of anilines is 3. The lowest BCUT2D eigenvalue weighted by Crippen LogP contribution is -2.13. The molecule has 2 aromatic carbocycles. The molecule has 4 heteroatoms. The van der Waals surface area contributed by atoms with E-state index < -0.39 is 0 Å². The van der Waals surface area contributed by atoms with Gasteiger partial charge in [-0.2, -0.15) is 0 Å². The quantitative estimate of drug-likeness (QED) is 0.673. The van der Waals surface area contributed by atoms with E-state index in [1.54, 1.807) is 12.4 Å². The summed E-state index contributed by atoms with van der Waals surface area (Å²) in [6.07, 6.45) is 3.29. The van der Waals surface area contributed by atoms with Crippen molar-refractivity contribution >= 4 is 23.0 Å². The van der Waals surface area contributed by atoms with Crippen LogP contribution < -0.4 is 10.6 Å². The lowest BCUT2D eigenvalue weighted by molar-refractivity contribution is 0.102. The van der Waals surface area contributed by atoms with Crippen LogP contribution in [0.3, 0.4) is 0 Å². The lowest BCUT2D eigenvalue weighted by atomic mass is 10.1. The molecule has 0 aliphatic rings. The highest BCUT2D eigenvalue weighted by molar-refractivity contribution is 6.05. The van der Waals surface area contributed by atoms with Crippen LogP contribution in [0.15, 0.2) is 54.9 Å². The van der Waals surface area contributed by atoms with Gasteiger partial charge in [-0.25, -0.2) is 0 Å². The van der Waals surface area contributed by atoms with Gasteiger partial charge in [0.25, 0.3) is 5.91 Å². The van der Waals surface area contributed by atoms with E-state index in [2.05, 4.69) is 41.6 Å². The number of pyridine rings is 1. The maximum absolute atomic E-state index is 12.6. The minimum atomic E-state index is -0.171. The van der Waals surface area contributed by atoms with Crippen LogP contribution in [0, 0.1) is 27.7 Å². The zero-order valence-electron chi connectivity index (χ0n) is 15.6. The average molecular weight is 345 g/mol. The maximum atomic E-state index is 12.6. The van der Waals surface area contributed by atoms with Crippen LogP contribution in [0.1, 0.15) is 32.6 Å². The van der Waals surface area contributed by atoms with Gasteiger partial charge >= 0.3 is 0 Å². The molecule has 0 saturated heterocycles. The van der Waals surface area contributed by atoms with E-state index in [4.69, 9.17) is 0 Å².